The van der Waals surface area contributed by atoms with Gasteiger partial charge in [0.15, 0.2) is 5.82 Å². The van der Waals surface area contributed by atoms with Gasteiger partial charge in [-0.25, -0.2) is 5.10 Å². The van der Waals surface area contributed by atoms with Gasteiger partial charge in [-0.3, -0.25) is 0 Å². The second-order valence-electron chi connectivity index (χ2n) is 6.71. The van der Waals surface area contributed by atoms with Crippen LogP contribution in [-0.2, 0) is 6.61 Å². The number of hydrogen-bond acceptors (Lipinski definition) is 5. The van der Waals surface area contributed by atoms with Crippen LogP contribution in [0.3, 0.4) is 0 Å². The highest BCUT2D eigenvalue weighted by Crippen LogP contribution is 2.21. The first-order valence-corrected chi connectivity index (χ1v) is 10.4. The molecule has 7 heteroatoms. The normalized spacial score (nSPS) is 11.0. The molecule has 0 saturated heterocycles. The van der Waals surface area contributed by atoms with Crippen LogP contribution < -0.4 is 9.47 Å². The number of ether oxygens (including phenoxy) is 2. The summed E-state index contributed by atoms with van der Waals surface area (Å²) in [6.07, 6.45) is 1.74. The Labute approximate surface area is 185 Å². The highest BCUT2D eigenvalue weighted by molar-refractivity contribution is 7.71. The summed E-state index contributed by atoms with van der Waals surface area (Å²) in [7, 11) is 0. The molecule has 1 heterocycles. The van der Waals surface area contributed by atoms with Crippen LogP contribution in [0.15, 0.2) is 84.0 Å². The van der Waals surface area contributed by atoms with Crippen LogP contribution in [0.25, 0.3) is 11.4 Å². The number of aromatic amines is 1. The maximum absolute atomic E-state index is 5.83. The summed E-state index contributed by atoms with van der Waals surface area (Å²) in [5.74, 6) is 2.24. The highest BCUT2D eigenvalue weighted by Gasteiger charge is 2.08. The monoisotopic (exact) mass is 430 g/mol. The van der Waals surface area contributed by atoms with Crippen LogP contribution in [0.1, 0.15) is 18.1 Å². The molecule has 31 heavy (non-hydrogen) atoms. The number of rotatable bonds is 8. The van der Waals surface area contributed by atoms with Crippen molar-refractivity contribution in [3.05, 3.63) is 94.8 Å². The zero-order valence-corrected chi connectivity index (χ0v) is 17.9. The van der Waals surface area contributed by atoms with Gasteiger partial charge in [0, 0.05) is 5.56 Å². The molecule has 6 nitrogen and oxygen atoms in total. The van der Waals surface area contributed by atoms with E-state index in [0.29, 0.717) is 23.8 Å². The SMILES string of the molecule is CCOc1ccc(-c2n[nH]c(=S)n2/N=C\c2ccc(OCc3ccccc3)cc2)cc1. The molecule has 1 aromatic heterocycles. The van der Waals surface area contributed by atoms with Crippen LogP contribution in [0.4, 0.5) is 0 Å². The van der Waals surface area contributed by atoms with E-state index in [4.69, 9.17) is 21.7 Å². The van der Waals surface area contributed by atoms with Gasteiger partial charge in [0.1, 0.15) is 18.1 Å². The van der Waals surface area contributed by atoms with Gasteiger partial charge < -0.3 is 9.47 Å². The van der Waals surface area contributed by atoms with Crippen molar-refractivity contribution >= 4 is 18.4 Å². The number of nitrogens with zero attached hydrogens (tertiary/aromatic N) is 3. The Hall–Kier alpha value is -3.71. The third-order valence-electron chi connectivity index (χ3n) is 4.52. The van der Waals surface area contributed by atoms with Gasteiger partial charge in [0.25, 0.3) is 0 Å². The molecule has 0 bridgehead atoms. The molecule has 0 aliphatic carbocycles. The van der Waals surface area contributed by atoms with Crippen molar-refractivity contribution in [2.75, 3.05) is 6.61 Å². The van der Waals surface area contributed by atoms with Gasteiger partial charge >= 0.3 is 0 Å². The Morgan fingerprint density at radius 2 is 1.61 bits per heavy atom. The molecule has 0 atom stereocenters. The zero-order chi connectivity index (χ0) is 21.5. The highest BCUT2D eigenvalue weighted by atomic mass is 32.1. The number of hydrogen-bond donors (Lipinski definition) is 1. The van der Waals surface area contributed by atoms with Gasteiger partial charge in [-0.05, 0) is 78.8 Å². The first-order chi connectivity index (χ1) is 15.2. The largest absolute Gasteiger partial charge is 0.494 e. The Morgan fingerprint density at radius 1 is 0.935 bits per heavy atom. The van der Waals surface area contributed by atoms with Gasteiger partial charge in [0.2, 0.25) is 4.77 Å². The summed E-state index contributed by atoms with van der Waals surface area (Å²) in [6.45, 7) is 3.11. The van der Waals surface area contributed by atoms with Crippen LogP contribution in [0.2, 0.25) is 0 Å². The van der Waals surface area contributed by atoms with E-state index in [1.54, 1.807) is 10.9 Å². The van der Waals surface area contributed by atoms with Crippen LogP contribution in [-0.4, -0.2) is 27.7 Å². The molecule has 0 fully saturated rings. The molecule has 156 valence electrons. The first kappa shape index (κ1) is 20.6. The molecule has 0 aliphatic rings. The lowest BCUT2D eigenvalue weighted by molar-refractivity contribution is 0.306. The predicted octanol–water partition coefficient (Wildman–Crippen LogP) is 5.47. The van der Waals surface area contributed by atoms with Gasteiger partial charge in [-0.2, -0.15) is 14.9 Å². The van der Waals surface area contributed by atoms with E-state index in [2.05, 4.69) is 15.3 Å². The molecule has 0 aliphatic heterocycles. The molecular formula is C24H22N4O2S. The van der Waals surface area contributed by atoms with Crippen molar-refractivity contribution in [1.29, 1.82) is 0 Å². The minimum absolute atomic E-state index is 0.419. The lowest BCUT2D eigenvalue weighted by Gasteiger charge is -2.06. The predicted molar refractivity (Wildman–Crippen MR) is 124 cm³/mol. The van der Waals surface area contributed by atoms with E-state index in [1.807, 2.05) is 85.8 Å². The molecule has 3 aromatic carbocycles. The second kappa shape index (κ2) is 9.86. The Kier molecular flexibility index (Phi) is 6.54. The zero-order valence-electron chi connectivity index (χ0n) is 17.1. The molecule has 0 amide bonds. The number of benzene rings is 3. The van der Waals surface area contributed by atoms with E-state index >= 15 is 0 Å². The average molecular weight is 431 g/mol. The Bertz CT molecular complexity index is 1200. The molecule has 0 saturated carbocycles. The number of H-pyrrole nitrogens is 1. The van der Waals surface area contributed by atoms with Crippen LogP contribution >= 0.6 is 12.2 Å². The van der Waals surface area contributed by atoms with Crippen LogP contribution in [0.5, 0.6) is 11.5 Å². The first-order valence-electron chi connectivity index (χ1n) is 9.95. The molecule has 4 aromatic rings. The summed E-state index contributed by atoms with van der Waals surface area (Å²) in [5.41, 5.74) is 2.94. The van der Waals surface area contributed by atoms with Crippen molar-refractivity contribution in [1.82, 2.24) is 14.9 Å². The minimum atomic E-state index is 0.419. The fourth-order valence-corrected chi connectivity index (χ4v) is 3.15. The lowest BCUT2D eigenvalue weighted by atomic mass is 10.2. The fraction of sp³-hybridized carbons (Fsp3) is 0.125. The molecule has 1 N–H and O–H groups in total. The van der Waals surface area contributed by atoms with Crippen LogP contribution in [0, 0.1) is 4.77 Å². The summed E-state index contributed by atoms with van der Waals surface area (Å²) in [5, 5.41) is 11.6. The van der Waals surface area contributed by atoms with Crippen molar-refractivity contribution < 1.29 is 9.47 Å². The topological polar surface area (TPSA) is 64.4 Å². The van der Waals surface area contributed by atoms with E-state index in [0.717, 1.165) is 28.2 Å². The van der Waals surface area contributed by atoms with Crippen molar-refractivity contribution in [2.24, 2.45) is 5.10 Å². The average Bonchev–Trinajstić information content (AvgIpc) is 3.18. The van der Waals surface area contributed by atoms with E-state index in [9.17, 15) is 0 Å². The van der Waals surface area contributed by atoms with E-state index in [-0.39, 0.29) is 0 Å². The van der Waals surface area contributed by atoms with E-state index < -0.39 is 0 Å². The smallest absolute Gasteiger partial charge is 0.216 e. The summed E-state index contributed by atoms with van der Waals surface area (Å²) >= 11 is 5.34. The molecule has 0 radical (unpaired) electrons. The maximum Gasteiger partial charge on any atom is 0.216 e. The fourth-order valence-electron chi connectivity index (χ4n) is 2.97. The summed E-state index contributed by atoms with van der Waals surface area (Å²) < 4.78 is 13.3. The van der Waals surface area contributed by atoms with Gasteiger partial charge in [-0.15, -0.1) is 0 Å². The quantitative estimate of drug-likeness (QED) is 0.297. The maximum atomic E-state index is 5.83. The van der Waals surface area contributed by atoms with Crippen molar-refractivity contribution in [3.63, 3.8) is 0 Å². The van der Waals surface area contributed by atoms with Gasteiger partial charge in [-0.1, -0.05) is 30.3 Å². The molecule has 4 rings (SSSR count). The Balaban J connectivity index is 1.46. The number of nitrogens with one attached hydrogen (secondary N) is 1. The van der Waals surface area contributed by atoms with Crippen molar-refractivity contribution in [3.8, 4) is 22.9 Å². The summed E-state index contributed by atoms with van der Waals surface area (Å²) in [4.78, 5) is 0. The standard InChI is InChI=1S/C24H22N4O2S/c1-2-29-21-14-10-20(11-15-21)23-26-27-24(31)28(23)25-16-18-8-12-22(13-9-18)30-17-19-6-4-3-5-7-19/h3-16H,2,17H2,1H3,(H,27,31)/b25-16-. The minimum Gasteiger partial charge on any atom is -0.494 e. The number of aromatic nitrogens is 3. The Morgan fingerprint density at radius 3 is 2.32 bits per heavy atom. The van der Waals surface area contributed by atoms with Crippen molar-refractivity contribution in [2.45, 2.75) is 13.5 Å². The lowest BCUT2D eigenvalue weighted by Crippen LogP contribution is -1.97. The summed E-state index contributed by atoms with van der Waals surface area (Å²) in [6, 6.07) is 25.5. The molecular weight excluding hydrogens is 408 g/mol. The third kappa shape index (κ3) is 5.26. The molecule has 0 spiro atoms. The third-order valence-corrected chi connectivity index (χ3v) is 4.79. The van der Waals surface area contributed by atoms with E-state index in [1.165, 1.54) is 0 Å². The molecule has 0 unspecified atom stereocenters. The second-order valence-corrected chi connectivity index (χ2v) is 7.10. The van der Waals surface area contributed by atoms with Gasteiger partial charge in [0.05, 0.1) is 12.8 Å².